The van der Waals surface area contributed by atoms with Gasteiger partial charge in [-0.25, -0.2) is 9.37 Å². The molecule has 4 nitrogen and oxygen atoms in total. The van der Waals surface area contributed by atoms with Crippen LogP contribution in [0.5, 0.6) is 0 Å². The number of carbonyl (C=O) groups is 1. The summed E-state index contributed by atoms with van der Waals surface area (Å²) in [5.74, 6) is 2.56. The SMILES string of the molecule is CCCNc1ncc(F)cc1C(=O)NCC1CCSCC1. The highest BCUT2D eigenvalue weighted by molar-refractivity contribution is 7.99. The minimum atomic E-state index is -0.490. The first-order valence-electron chi connectivity index (χ1n) is 7.46. The number of aromatic nitrogens is 1. The van der Waals surface area contributed by atoms with Crippen LogP contribution in [0.2, 0.25) is 0 Å². The number of nitrogens with one attached hydrogen (secondary N) is 2. The Morgan fingerprint density at radius 3 is 2.95 bits per heavy atom. The van der Waals surface area contributed by atoms with Gasteiger partial charge in [0.1, 0.15) is 11.6 Å². The highest BCUT2D eigenvalue weighted by Crippen LogP contribution is 2.22. The Morgan fingerprint density at radius 1 is 1.48 bits per heavy atom. The van der Waals surface area contributed by atoms with Gasteiger partial charge >= 0.3 is 0 Å². The van der Waals surface area contributed by atoms with Gasteiger partial charge in [0, 0.05) is 13.1 Å². The Bertz CT molecular complexity index is 478. The molecule has 1 fully saturated rings. The lowest BCUT2D eigenvalue weighted by Crippen LogP contribution is -2.31. The van der Waals surface area contributed by atoms with Gasteiger partial charge in [-0.1, -0.05) is 6.92 Å². The van der Waals surface area contributed by atoms with Crippen molar-refractivity contribution >= 4 is 23.5 Å². The Morgan fingerprint density at radius 2 is 2.24 bits per heavy atom. The van der Waals surface area contributed by atoms with Crippen LogP contribution in [0, 0.1) is 11.7 Å². The summed E-state index contributed by atoms with van der Waals surface area (Å²) in [6.07, 6.45) is 4.31. The van der Waals surface area contributed by atoms with E-state index in [9.17, 15) is 9.18 Å². The van der Waals surface area contributed by atoms with Crippen LogP contribution < -0.4 is 10.6 Å². The first-order chi connectivity index (χ1) is 10.2. The standard InChI is InChI=1S/C15H22FN3OS/c1-2-5-17-14-13(8-12(16)10-18-14)15(20)19-9-11-3-6-21-7-4-11/h8,10-11H,2-7,9H2,1H3,(H,17,18)(H,19,20). The number of thioether (sulfide) groups is 1. The number of rotatable bonds is 6. The molecule has 0 bridgehead atoms. The van der Waals surface area contributed by atoms with E-state index in [1.54, 1.807) is 0 Å². The molecule has 2 rings (SSSR count). The molecular weight excluding hydrogens is 289 g/mol. The van der Waals surface area contributed by atoms with E-state index >= 15 is 0 Å². The van der Waals surface area contributed by atoms with Crippen molar-refractivity contribution in [2.75, 3.05) is 29.9 Å². The molecule has 0 atom stereocenters. The summed E-state index contributed by atoms with van der Waals surface area (Å²) < 4.78 is 13.4. The topological polar surface area (TPSA) is 54.0 Å². The van der Waals surface area contributed by atoms with Crippen LogP contribution in [0.3, 0.4) is 0 Å². The van der Waals surface area contributed by atoms with E-state index in [0.717, 1.165) is 37.0 Å². The average molecular weight is 311 g/mol. The molecule has 6 heteroatoms. The van der Waals surface area contributed by atoms with Gasteiger partial charge in [0.25, 0.3) is 5.91 Å². The van der Waals surface area contributed by atoms with Crippen LogP contribution in [-0.2, 0) is 0 Å². The van der Waals surface area contributed by atoms with E-state index in [0.29, 0.717) is 24.8 Å². The predicted octanol–water partition coefficient (Wildman–Crippen LogP) is 2.92. The summed E-state index contributed by atoms with van der Waals surface area (Å²) in [6.45, 7) is 3.39. The van der Waals surface area contributed by atoms with Crippen LogP contribution in [-0.4, -0.2) is 35.5 Å². The van der Waals surface area contributed by atoms with E-state index in [-0.39, 0.29) is 11.5 Å². The average Bonchev–Trinajstić information content (AvgIpc) is 2.52. The van der Waals surface area contributed by atoms with Crippen LogP contribution >= 0.6 is 11.8 Å². The summed E-state index contributed by atoms with van der Waals surface area (Å²) in [7, 11) is 0. The minimum absolute atomic E-state index is 0.251. The van der Waals surface area contributed by atoms with Gasteiger partial charge < -0.3 is 10.6 Å². The fraction of sp³-hybridized carbons (Fsp3) is 0.600. The van der Waals surface area contributed by atoms with Crippen molar-refractivity contribution in [3.05, 3.63) is 23.6 Å². The fourth-order valence-electron chi connectivity index (χ4n) is 2.28. The first kappa shape index (κ1) is 16.1. The molecule has 1 amide bonds. The zero-order valence-electron chi connectivity index (χ0n) is 12.3. The van der Waals surface area contributed by atoms with Gasteiger partial charge in [0.05, 0.1) is 11.8 Å². The molecule has 2 N–H and O–H groups in total. The molecule has 2 heterocycles. The summed E-state index contributed by atoms with van der Waals surface area (Å²) in [6, 6.07) is 1.25. The van der Waals surface area contributed by atoms with Crippen LogP contribution in [0.4, 0.5) is 10.2 Å². The third kappa shape index (κ3) is 4.88. The quantitative estimate of drug-likeness (QED) is 0.848. The van der Waals surface area contributed by atoms with Gasteiger partial charge in [-0.2, -0.15) is 11.8 Å². The minimum Gasteiger partial charge on any atom is -0.369 e. The molecule has 0 unspecified atom stereocenters. The molecule has 0 radical (unpaired) electrons. The fourth-order valence-corrected chi connectivity index (χ4v) is 3.48. The van der Waals surface area contributed by atoms with Gasteiger partial charge in [0.2, 0.25) is 0 Å². The molecule has 0 aliphatic carbocycles. The second-order valence-electron chi connectivity index (χ2n) is 5.24. The number of hydrogen-bond acceptors (Lipinski definition) is 4. The number of hydrogen-bond donors (Lipinski definition) is 2. The van der Waals surface area contributed by atoms with Gasteiger partial charge in [-0.15, -0.1) is 0 Å². The smallest absolute Gasteiger partial charge is 0.255 e. The normalized spacial score (nSPS) is 15.7. The molecule has 1 aliphatic rings. The van der Waals surface area contributed by atoms with Crippen molar-refractivity contribution in [3.8, 4) is 0 Å². The molecule has 1 aliphatic heterocycles. The number of halogens is 1. The molecular formula is C15H22FN3OS. The van der Waals surface area contributed by atoms with Crippen LogP contribution in [0.25, 0.3) is 0 Å². The van der Waals surface area contributed by atoms with E-state index in [1.807, 2.05) is 18.7 Å². The number of nitrogens with zero attached hydrogens (tertiary/aromatic N) is 1. The van der Waals surface area contributed by atoms with E-state index in [4.69, 9.17) is 0 Å². The lowest BCUT2D eigenvalue weighted by Gasteiger charge is -2.21. The lowest BCUT2D eigenvalue weighted by atomic mass is 10.0. The molecule has 1 aromatic heterocycles. The second-order valence-corrected chi connectivity index (χ2v) is 6.47. The van der Waals surface area contributed by atoms with Gasteiger partial charge in [-0.05, 0) is 42.8 Å². The van der Waals surface area contributed by atoms with E-state index in [2.05, 4.69) is 15.6 Å². The largest absolute Gasteiger partial charge is 0.369 e. The van der Waals surface area contributed by atoms with Crippen molar-refractivity contribution in [1.29, 1.82) is 0 Å². The zero-order chi connectivity index (χ0) is 15.1. The number of pyridine rings is 1. The first-order valence-corrected chi connectivity index (χ1v) is 8.61. The monoisotopic (exact) mass is 311 g/mol. The molecule has 1 aromatic rings. The third-order valence-corrected chi connectivity index (χ3v) is 4.58. The van der Waals surface area contributed by atoms with Crippen LogP contribution in [0.15, 0.2) is 12.3 Å². The Kier molecular flexibility index (Phi) is 6.29. The maximum Gasteiger partial charge on any atom is 0.255 e. The Balaban J connectivity index is 1.97. The number of carbonyl (C=O) groups excluding carboxylic acids is 1. The Hall–Kier alpha value is -1.30. The highest BCUT2D eigenvalue weighted by atomic mass is 32.2. The van der Waals surface area contributed by atoms with Gasteiger partial charge in [-0.3, -0.25) is 4.79 Å². The highest BCUT2D eigenvalue weighted by Gasteiger charge is 2.17. The number of amides is 1. The molecule has 116 valence electrons. The van der Waals surface area contributed by atoms with Crippen molar-refractivity contribution in [3.63, 3.8) is 0 Å². The van der Waals surface area contributed by atoms with Crippen molar-refractivity contribution in [1.82, 2.24) is 10.3 Å². The maximum absolute atomic E-state index is 13.4. The molecule has 1 saturated heterocycles. The summed E-state index contributed by atoms with van der Waals surface area (Å²) in [4.78, 5) is 16.2. The molecule has 21 heavy (non-hydrogen) atoms. The molecule has 0 aromatic carbocycles. The van der Waals surface area contributed by atoms with Crippen molar-refractivity contribution in [2.24, 2.45) is 5.92 Å². The maximum atomic E-state index is 13.4. The zero-order valence-corrected chi connectivity index (χ0v) is 13.1. The van der Waals surface area contributed by atoms with E-state index in [1.165, 1.54) is 6.07 Å². The van der Waals surface area contributed by atoms with Gasteiger partial charge in [0.15, 0.2) is 0 Å². The Labute approximate surface area is 129 Å². The second kappa shape index (κ2) is 8.22. The summed E-state index contributed by atoms with van der Waals surface area (Å²) >= 11 is 1.96. The third-order valence-electron chi connectivity index (χ3n) is 3.53. The summed E-state index contributed by atoms with van der Waals surface area (Å²) in [5.41, 5.74) is 0.286. The van der Waals surface area contributed by atoms with E-state index < -0.39 is 5.82 Å². The van der Waals surface area contributed by atoms with Crippen LogP contribution in [0.1, 0.15) is 36.5 Å². The van der Waals surface area contributed by atoms with Crippen molar-refractivity contribution in [2.45, 2.75) is 26.2 Å². The lowest BCUT2D eigenvalue weighted by molar-refractivity contribution is 0.0946. The molecule has 0 spiro atoms. The summed E-state index contributed by atoms with van der Waals surface area (Å²) in [5, 5.41) is 5.98. The molecule has 0 saturated carbocycles. The van der Waals surface area contributed by atoms with Crippen molar-refractivity contribution < 1.29 is 9.18 Å². The predicted molar refractivity (Wildman–Crippen MR) is 85.4 cm³/mol. The number of anilines is 1.